The molecule has 1 saturated heterocycles. The number of hydrogen-bond acceptors (Lipinski definition) is 7. The van der Waals surface area contributed by atoms with Gasteiger partial charge in [0.2, 0.25) is 0 Å². The molecule has 0 spiro atoms. The SMILES string of the molecule is COCCOc1ccn2c(-c3ccc4c(F)ccc(N5CC[C@H](NC(=O)OC(C)(C)C)[C@H](F)C5)c4n3)cnc2c1. The summed E-state index contributed by atoms with van der Waals surface area (Å²) in [5.41, 5.74) is 2.37. The Morgan fingerprint density at radius 3 is 2.75 bits per heavy atom. The van der Waals surface area contributed by atoms with Crippen molar-refractivity contribution in [2.75, 3.05) is 38.3 Å². The van der Waals surface area contributed by atoms with Gasteiger partial charge in [0.15, 0.2) is 0 Å². The molecule has 2 atom stereocenters. The fraction of sp³-hybridized carbons (Fsp3) is 0.414. The number of nitrogens with one attached hydrogen (secondary N) is 1. The summed E-state index contributed by atoms with van der Waals surface area (Å²) in [6.07, 6.45) is 1.92. The smallest absolute Gasteiger partial charge is 0.407 e. The van der Waals surface area contributed by atoms with Crippen LogP contribution >= 0.6 is 0 Å². The fourth-order valence-electron chi connectivity index (χ4n) is 4.80. The van der Waals surface area contributed by atoms with E-state index in [0.717, 1.165) is 5.69 Å². The number of pyridine rings is 2. The van der Waals surface area contributed by atoms with Gasteiger partial charge in [-0.3, -0.25) is 4.40 Å². The van der Waals surface area contributed by atoms with Crippen LogP contribution in [0.3, 0.4) is 0 Å². The highest BCUT2D eigenvalue weighted by atomic mass is 19.1. The Bertz CT molecular complexity index is 1520. The summed E-state index contributed by atoms with van der Waals surface area (Å²) in [6, 6.07) is 9.40. The Kier molecular flexibility index (Phi) is 7.75. The van der Waals surface area contributed by atoms with Gasteiger partial charge in [0.25, 0.3) is 0 Å². The van der Waals surface area contributed by atoms with Gasteiger partial charge in [0, 0.05) is 31.3 Å². The van der Waals surface area contributed by atoms with Gasteiger partial charge < -0.3 is 24.4 Å². The quantitative estimate of drug-likeness (QED) is 0.317. The lowest BCUT2D eigenvalue weighted by molar-refractivity contribution is 0.0463. The van der Waals surface area contributed by atoms with Crippen LogP contribution in [0, 0.1) is 5.82 Å². The molecule has 5 rings (SSSR count). The average molecular weight is 554 g/mol. The molecule has 1 aliphatic heterocycles. The van der Waals surface area contributed by atoms with Gasteiger partial charge in [0.1, 0.15) is 35.6 Å². The van der Waals surface area contributed by atoms with Crippen LogP contribution in [-0.2, 0) is 9.47 Å². The summed E-state index contributed by atoms with van der Waals surface area (Å²) in [6.45, 7) is 6.65. The normalized spacial score (nSPS) is 17.8. The highest BCUT2D eigenvalue weighted by molar-refractivity contribution is 5.93. The van der Waals surface area contributed by atoms with E-state index in [-0.39, 0.29) is 6.54 Å². The number of methoxy groups -OCH3 is 1. The number of imidazole rings is 1. The Balaban J connectivity index is 1.40. The number of ether oxygens (including phenoxy) is 3. The van der Waals surface area contributed by atoms with Crippen LogP contribution in [0.4, 0.5) is 19.3 Å². The fourth-order valence-corrected chi connectivity index (χ4v) is 4.80. The number of carbonyl (C=O) groups excluding carboxylic acids is 1. The number of aromatic nitrogens is 3. The third-order valence-corrected chi connectivity index (χ3v) is 6.67. The minimum absolute atomic E-state index is 0.0224. The van der Waals surface area contributed by atoms with Crippen molar-refractivity contribution < 1.29 is 27.8 Å². The Hall–Kier alpha value is -3.99. The van der Waals surface area contributed by atoms with Gasteiger partial charge >= 0.3 is 6.09 Å². The van der Waals surface area contributed by atoms with E-state index in [0.29, 0.717) is 59.9 Å². The summed E-state index contributed by atoms with van der Waals surface area (Å²) in [7, 11) is 1.61. The monoisotopic (exact) mass is 553 g/mol. The van der Waals surface area contributed by atoms with Crippen LogP contribution in [0.5, 0.6) is 5.75 Å². The Morgan fingerprint density at radius 1 is 1.18 bits per heavy atom. The van der Waals surface area contributed by atoms with Crippen LogP contribution in [0.15, 0.2) is 48.8 Å². The molecule has 1 fully saturated rings. The molecule has 9 nitrogen and oxygen atoms in total. The number of amides is 1. The van der Waals surface area contributed by atoms with E-state index in [4.69, 9.17) is 19.2 Å². The van der Waals surface area contributed by atoms with E-state index >= 15 is 4.39 Å². The van der Waals surface area contributed by atoms with Crippen LogP contribution in [0.1, 0.15) is 27.2 Å². The number of anilines is 1. The largest absolute Gasteiger partial charge is 0.491 e. The maximum atomic E-state index is 15.2. The second kappa shape index (κ2) is 11.2. The number of alkyl carbamates (subject to hydrolysis) is 1. The molecule has 4 aromatic rings. The van der Waals surface area contributed by atoms with Crippen LogP contribution < -0.4 is 15.0 Å². The van der Waals surface area contributed by atoms with Crippen molar-refractivity contribution in [1.82, 2.24) is 19.7 Å². The lowest BCUT2D eigenvalue weighted by Gasteiger charge is -2.37. The lowest BCUT2D eigenvalue weighted by atomic mass is 10.0. The zero-order chi connectivity index (χ0) is 28.4. The molecule has 4 heterocycles. The second-order valence-electron chi connectivity index (χ2n) is 10.7. The number of fused-ring (bicyclic) bond motifs is 2. The highest BCUT2D eigenvalue weighted by Crippen LogP contribution is 2.33. The molecule has 11 heteroatoms. The van der Waals surface area contributed by atoms with Gasteiger partial charge in [-0.2, -0.15) is 0 Å². The molecule has 0 aliphatic carbocycles. The summed E-state index contributed by atoms with van der Waals surface area (Å²) in [5.74, 6) is 0.259. The first-order chi connectivity index (χ1) is 19.1. The maximum absolute atomic E-state index is 15.2. The van der Waals surface area contributed by atoms with E-state index in [2.05, 4.69) is 10.3 Å². The number of benzene rings is 1. The second-order valence-corrected chi connectivity index (χ2v) is 10.7. The van der Waals surface area contributed by atoms with Gasteiger partial charge in [0.05, 0.1) is 48.0 Å². The minimum atomic E-state index is -1.34. The van der Waals surface area contributed by atoms with E-state index in [9.17, 15) is 9.18 Å². The molecule has 212 valence electrons. The van der Waals surface area contributed by atoms with Gasteiger partial charge in [-0.1, -0.05) is 0 Å². The molecule has 0 saturated carbocycles. The van der Waals surface area contributed by atoms with E-state index in [1.54, 1.807) is 52.3 Å². The predicted octanol–water partition coefficient (Wildman–Crippen LogP) is 5.16. The van der Waals surface area contributed by atoms with Crippen molar-refractivity contribution in [3.05, 3.63) is 54.6 Å². The van der Waals surface area contributed by atoms with Gasteiger partial charge in [-0.25, -0.2) is 23.5 Å². The number of halogens is 2. The van der Waals surface area contributed by atoms with Gasteiger partial charge in [-0.05, 0) is 57.5 Å². The summed E-state index contributed by atoms with van der Waals surface area (Å²) < 4.78 is 47.9. The van der Waals surface area contributed by atoms with Crippen LogP contribution in [0.25, 0.3) is 27.9 Å². The summed E-state index contributed by atoms with van der Waals surface area (Å²) in [5, 5.41) is 2.98. The third-order valence-electron chi connectivity index (χ3n) is 6.67. The molecular formula is C29H33F2N5O4. The van der Waals surface area contributed by atoms with Crippen molar-refractivity contribution in [3.8, 4) is 17.1 Å². The first-order valence-corrected chi connectivity index (χ1v) is 13.2. The first-order valence-electron chi connectivity index (χ1n) is 13.2. The predicted molar refractivity (Wildman–Crippen MR) is 148 cm³/mol. The molecule has 0 unspecified atom stereocenters. The molecule has 40 heavy (non-hydrogen) atoms. The van der Waals surface area contributed by atoms with Crippen molar-refractivity contribution in [2.45, 2.75) is 45.0 Å². The van der Waals surface area contributed by atoms with Crippen molar-refractivity contribution >= 4 is 28.3 Å². The van der Waals surface area contributed by atoms with Gasteiger partial charge in [-0.15, -0.1) is 0 Å². The van der Waals surface area contributed by atoms with Crippen molar-refractivity contribution in [2.24, 2.45) is 0 Å². The number of alkyl halides is 1. The van der Waals surface area contributed by atoms with Crippen molar-refractivity contribution in [3.63, 3.8) is 0 Å². The first kappa shape index (κ1) is 27.6. The standard InChI is InChI=1S/C29H33F2N5O4/c1-29(2,3)40-28(37)34-22-10-11-35(17-21(22)31)24-8-6-20(30)19-5-7-23(33-27(19)24)25-16-32-26-15-18(9-12-36(25)26)39-14-13-38-4/h5-9,12,15-16,21-22H,10-11,13-14,17H2,1-4H3,(H,34,37)/t21-,22+/m1/s1. The molecular weight excluding hydrogens is 520 g/mol. The zero-order valence-electron chi connectivity index (χ0n) is 23.0. The van der Waals surface area contributed by atoms with E-state index in [1.165, 1.54) is 6.07 Å². The van der Waals surface area contributed by atoms with E-state index in [1.807, 2.05) is 27.6 Å². The number of nitrogens with zero attached hydrogens (tertiary/aromatic N) is 4. The zero-order valence-corrected chi connectivity index (χ0v) is 23.0. The number of carbonyl (C=O) groups is 1. The van der Waals surface area contributed by atoms with Crippen LogP contribution in [-0.4, -0.2) is 71.7 Å². The summed E-state index contributed by atoms with van der Waals surface area (Å²) in [4.78, 5) is 23.3. The molecule has 1 amide bonds. The molecule has 1 N–H and O–H groups in total. The number of piperidine rings is 1. The van der Waals surface area contributed by atoms with Crippen molar-refractivity contribution in [1.29, 1.82) is 0 Å². The highest BCUT2D eigenvalue weighted by Gasteiger charge is 2.32. The number of hydrogen-bond donors (Lipinski definition) is 1. The maximum Gasteiger partial charge on any atom is 0.407 e. The number of rotatable bonds is 7. The third kappa shape index (κ3) is 5.94. The molecule has 0 radical (unpaired) electrons. The molecule has 0 bridgehead atoms. The molecule has 1 aromatic carbocycles. The summed E-state index contributed by atoms with van der Waals surface area (Å²) >= 11 is 0. The Labute approximate surface area is 231 Å². The van der Waals surface area contributed by atoms with E-state index < -0.39 is 29.7 Å². The molecule has 3 aromatic heterocycles. The topological polar surface area (TPSA) is 90.2 Å². The Morgan fingerprint density at radius 2 is 2.00 bits per heavy atom. The van der Waals surface area contributed by atoms with Crippen LogP contribution in [0.2, 0.25) is 0 Å². The molecule has 1 aliphatic rings. The minimum Gasteiger partial charge on any atom is -0.491 e. The average Bonchev–Trinajstić information content (AvgIpc) is 3.32. The lowest BCUT2D eigenvalue weighted by Crippen LogP contribution is -2.53.